The molecular weight excluding hydrogens is 613 g/mol. The number of rotatable bonds is 3. The maximum atomic E-state index is 9.47. The van der Waals surface area contributed by atoms with Crippen LogP contribution in [-0.2, 0) is 13.7 Å². The molecule has 0 saturated carbocycles. The summed E-state index contributed by atoms with van der Waals surface area (Å²) in [4.78, 5) is 56.8. The van der Waals surface area contributed by atoms with E-state index < -0.39 is 22.8 Å². The average Bonchev–Trinajstić information content (AvgIpc) is 2.16. The van der Waals surface area contributed by atoms with Gasteiger partial charge in [0.2, 0.25) is 0 Å². The van der Waals surface area contributed by atoms with Crippen molar-refractivity contribution in [2.75, 3.05) is 18.5 Å². The molecule has 0 aliphatic rings. The molecule has 9 nitrogen and oxygen atoms in total. The van der Waals surface area contributed by atoms with Gasteiger partial charge in [-0.15, -0.1) is 0 Å². The van der Waals surface area contributed by atoms with Gasteiger partial charge in [0.25, 0.3) is 0 Å². The molecule has 0 aliphatic heterocycles. The standard InChI is InChI=1S/3C2H7O3P.2Eu/c3*1-2-6(3,4)5;;/h3*2H2,1H3,(H2,3,4,5);;/q;;;2*+3/p-6. The third-order valence-corrected chi connectivity index (χ3v) is 3.49. The molecule has 0 saturated heterocycles. The Morgan fingerprint density at radius 3 is 0.600 bits per heavy atom. The summed E-state index contributed by atoms with van der Waals surface area (Å²) in [5.74, 6) is 0. The molecule has 0 amide bonds. The van der Waals surface area contributed by atoms with E-state index in [-0.39, 0.29) is 117 Å². The number of hydrogen-bond donors (Lipinski definition) is 0. The van der Waals surface area contributed by atoms with Crippen LogP contribution < -0.4 is 29.4 Å². The molecule has 14 heteroatoms. The van der Waals surface area contributed by atoms with Gasteiger partial charge >= 0.3 is 98.8 Å². The summed E-state index contributed by atoms with van der Waals surface area (Å²) in [6.45, 7) is 3.96. The fraction of sp³-hybridized carbons (Fsp3) is 1.00. The Morgan fingerprint density at radius 2 is 0.600 bits per heavy atom. The Kier molecular flexibility index (Phi) is 30.4. The van der Waals surface area contributed by atoms with E-state index in [1.165, 1.54) is 20.8 Å². The second-order valence-electron chi connectivity index (χ2n) is 2.78. The van der Waals surface area contributed by atoms with Crippen molar-refractivity contribution in [3.8, 4) is 0 Å². The Balaban J connectivity index is -0.0000000536. The Morgan fingerprint density at radius 1 is 0.550 bits per heavy atom. The molecule has 0 spiro atoms. The molecule has 0 N–H and O–H groups in total. The van der Waals surface area contributed by atoms with Gasteiger partial charge in [-0.05, 0) is 18.5 Å². The zero-order valence-electron chi connectivity index (χ0n) is 10.9. The Bertz CT molecular complexity index is 280. The SMILES string of the molecule is CCP(=O)([O-])[O-].CCP(=O)([O-])[O-].CCP(=O)([O-])[O-].[Eu+3].[Eu+3]. The van der Waals surface area contributed by atoms with Gasteiger partial charge in [0.15, 0.2) is 0 Å². The van der Waals surface area contributed by atoms with Crippen LogP contribution in [0.15, 0.2) is 0 Å². The van der Waals surface area contributed by atoms with E-state index in [4.69, 9.17) is 0 Å². The van der Waals surface area contributed by atoms with Crippen LogP contribution in [0, 0.1) is 98.8 Å². The molecule has 0 radical (unpaired) electrons. The van der Waals surface area contributed by atoms with Crippen LogP contribution in [0.2, 0.25) is 0 Å². The molecule has 0 rings (SSSR count). The van der Waals surface area contributed by atoms with Gasteiger partial charge in [-0.25, -0.2) is 0 Å². The normalized spacial score (nSPS) is 10.7. The van der Waals surface area contributed by atoms with Gasteiger partial charge in [0.05, 0.1) is 0 Å². The van der Waals surface area contributed by atoms with Gasteiger partial charge in [-0.3, -0.25) is 0 Å². The quantitative estimate of drug-likeness (QED) is 0.289. The molecule has 0 aromatic carbocycles. The van der Waals surface area contributed by atoms with Gasteiger partial charge in [-0.1, -0.05) is 43.6 Å². The topological polar surface area (TPSA) is 190 Å². The van der Waals surface area contributed by atoms with Crippen molar-refractivity contribution in [3.63, 3.8) is 0 Å². The van der Waals surface area contributed by atoms with Gasteiger partial charge in [-0.2, -0.15) is 0 Å². The van der Waals surface area contributed by atoms with Crippen LogP contribution in [0.1, 0.15) is 20.8 Å². The third kappa shape index (κ3) is 57.7. The van der Waals surface area contributed by atoms with E-state index in [1.54, 1.807) is 0 Å². The summed E-state index contributed by atoms with van der Waals surface area (Å²) in [7, 11) is -12.4. The van der Waals surface area contributed by atoms with Crippen LogP contribution in [-0.4, -0.2) is 18.5 Å². The monoisotopic (exact) mass is 630 g/mol. The molecule has 0 bridgehead atoms. The van der Waals surface area contributed by atoms with Crippen molar-refractivity contribution in [1.29, 1.82) is 0 Å². The molecule has 0 heterocycles. The average molecular weight is 628 g/mol. The minimum absolute atomic E-state index is 0. The summed E-state index contributed by atoms with van der Waals surface area (Å²) in [6.07, 6.45) is -0.854. The van der Waals surface area contributed by atoms with Crippen LogP contribution in [0.5, 0.6) is 0 Å². The maximum absolute atomic E-state index is 9.47. The first-order chi connectivity index (χ1) is 7.68. The van der Waals surface area contributed by atoms with Crippen molar-refractivity contribution in [2.24, 2.45) is 0 Å². The van der Waals surface area contributed by atoms with E-state index in [0.29, 0.717) is 0 Å². The summed E-state index contributed by atoms with van der Waals surface area (Å²) >= 11 is 0. The van der Waals surface area contributed by atoms with Crippen molar-refractivity contribution in [1.82, 2.24) is 0 Å². The first-order valence-electron chi connectivity index (χ1n) is 4.71. The predicted octanol–water partition coefficient (Wildman–Crippen LogP) is -3.24. The first kappa shape index (κ1) is 34.9. The van der Waals surface area contributed by atoms with E-state index in [2.05, 4.69) is 0 Å². The summed E-state index contributed by atoms with van der Waals surface area (Å²) in [6, 6.07) is 0. The molecular formula is C6H15Eu2O9P3. The third-order valence-electron chi connectivity index (χ3n) is 1.16. The zero-order valence-corrected chi connectivity index (χ0v) is 18.4. The zero-order chi connectivity index (χ0) is 15.6. The van der Waals surface area contributed by atoms with Crippen molar-refractivity contribution in [2.45, 2.75) is 20.8 Å². The molecule has 0 atom stereocenters. The van der Waals surface area contributed by atoms with Crippen molar-refractivity contribution >= 4 is 22.8 Å². The largest absolute Gasteiger partial charge is 3.00 e. The second-order valence-corrected chi connectivity index (χ2v) is 8.34. The molecule has 0 fully saturated rings. The fourth-order valence-electron chi connectivity index (χ4n) is 0. The van der Waals surface area contributed by atoms with E-state index >= 15 is 0 Å². The van der Waals surface area contributed by atoms with Gasteiger partial charge in [0, 0.05) is 0 Å². The number of hydrogen-bond acceptors (Lipinski definition) is 9. The van der Waals surface area contributed by atoms with Crippen LogP contribution in [0.3, 0.4) is 0 Å². The van der Waals surface area contributed by atoms with Crippen molar-refractivity contribution < 1.29 is 142 Å². The van der Waals surface area contributed by atoms with Crippen molar-refractivity contribution in [3.05, 3.63) is 0 Å². The van der Waals surface area contributed by atoms with E-state index in [0.717, 1.165) is 0 Å². The molecule has 0 aromatic heterocycles. The Hall–Kier alpha value is 3.62. The van der Waals surface area contributed by atoms with Crippen LogP contribution in [0.4, 0.5) is 0 Å². The van der Waals surface area contributed by atoms with Gasteiger partial charge < -0.3 is 43.1 Å². The summed E-state index contributed by atoms with van der Waals surface area (Å²) in [5, 5.41) is 0. The van der Waals surface area contributed by atoms with E-state index in [1.807, 2.05) is 0 Å². The van der Waals surface area contributed by atoms with Crippen LogP contribution in [0.25, 0.3) is 0 Å². The first-order valence-corrected chi connectivity index (χ1v) is 9.90. The maximum Gasteiger partial charge on any atom is 3.00 e. The smallest absolute Gasteiger partial charge is 0.811 e. The molecule has 0 aliphatic carbocycles. The Labute approximate surface area is 200 Å². The van der Waals surface area contributed by atoms with Crippen LogP contribution >= 0.6 is 22.8 Å². The fourth-order valence-corrected chi connectivity index (χ4v) is 0. The predicted molar refractivity (Wildman–Crippen MR) is 54.4 cm³/mol. The van der Waals surface area contributed by atoms with Gasteiger partial charge in [0.1, 0.15) is 0 Å². The summed E-state index contributed by atoms with van der Waals surface area (Å²) < 4.78 is 28.4. The summed E-state index contributed by atoms with van der Waals surface area (Å²) in [5.41, 5.74) is 0. The minimum atomic E-state index is -4.15. The molecule has 0 unspecified atom stereocenters. The second kappa shape index (κ2) is 17.4. The molecule has 0 aromatic rings. The van der Waals surface area contributed by atoms with E-state index in [9.17, 15) is 43.1 Å². The molecule has 122 valence electrons. The minimum Gasteiger partial charge on any atom is -0.811 e. The molecule has 20 heavy (non-hydrogen) atoms.